The first-order valence-electron chi connectivity index (χ1n) is 10.7. The Labute approximate surface area is 193 Å². The van der Waals surface area contributed by atoms with Crippen LogP contribution in [0.25, 0.3) is 0 Å². The molecule has 3 rings (SSSR count). The molecule has 0 fully saturated rings. The maximum Gasteiger partial charge on any atom is 0.255 e. The predicted molar refractivity (Wildman–Crippen MR) is 131 cm³/mol. The van der Waals surface area contributed by atoms with Gasteiger partial charge < -0.3 is 20.9 Å². The van der Waals surface area contributed by atoms with Gasteiger partial charge in [-0.3, -0.25) is 14.4 Å². The number of amides is 3. The summed E-state index contributed by atoms with van der Waals surface area (Å²) in [4.78, 5) is 37.9. The minimum atomic E-state index is -0.213. The van der Waals surface area contributed by atoms with Crippen molar-refractivity contribution in [3.05, 3.63) is 90.0 Å². The van der Waals surface area contributed by atoms with Crippen molar-refractivity contribution >= 4 is 34.8 Å². The molecule has 0 bridgehead atoms. The van der Waals surface area contributed by atoms with Gasteiger partial charge in [-0.25, -0.2) is 0 Å². The SMILES string of the molecule is CN(C)C(=O)CCc1ccc(NCC(=O)Nc2cccc(NC(=O)c3ccccc3)c2)cc1. The second-order valence-electron chi connectivity index (χ2n) is 7.79. The molecule has 0 heterocycles. The van der Waals surface area contributed by atoms with Gasteiger partial charge in [0.05, 0.1) is 6.54 Å². The lowest BCUT2D eigenvalue weighted by Gasteiger charge is -2.11. The number of rotatable bonds is 9. The van der Waals surface area contributed by atoms with Crippen molar-refractivity contribution in [2.45, 2.75) is 12.8 Å². The average Bonchev–Trinajstić information content (AvgIpc) is 2.82. The van der Waals surface area contributed by atoms with E-state index in [4.69, 9.17) is 0 Å². The molecule has 0 unspecified atom stereocenters. The maximum atomic E-state index is 12.3. The Kier molecular flexibility index (Phi) is 8.18. The lowest BCUT2D eigenvalue weighted by molar-refractivity contribution is -0.128. The zero-order chi connectivity index (χ0) is 23.6. The molecule has 0 spiro atoms. The molecule has 0 aromatic heterocycles. The van der Waals surface area contributed by atoms with E-state index in [9.17, 15) is 14.4 Å². The molecular weight excluding hydrogens is 416 g/mol. The Balaban J connectivity index is 1.47. The first-order valence-corrected chi connectivity index (χ1v) is 10.7. The Bertz CT molecular complexity index is 1100. The molecule has 3 amide bonds. The highest BCUT2D eigenvalue weighted by atomic mass is 16.2. The topological polar surface area (TPSA) is 90.5 Å². The minimum absolute atomic E-state index is 0.0950. The van der Waals surface area contributed by atoms with Gasteiger partial charge in [0, 0.05) is 43.1 Å². The van der Waals surface area contributed by atoms with Crippen LogP contribution in [-0.4, -0.2) is 43.3 Å². The van der Waals surface area contributed by atoms with Gasteiger partial charge in [-0.2, -0.15) is 0 Å². The number of benzene rings is 3. The Morgan fingerprint density at radius 2 is 1.42 bits per heavy atom. The van der Waals surface area contributed by atoms with Crippen molar-refractivity contribution < 1.29 is 14.4 Å². The fourth-order valence-corrected chi connectivity index (χ4v) is 3.12. The van der Waals surface area contributed by atoms with Crippen molar-refractivity contribution in [3.8, 4) is 0 Å². The molecule has 0 aliphatic rings. The van der Waals surface area contributed by atoms with E-state index in [2.05, 4.69) is 16.0 Å². The summed E-state index contributed by atoms with van der Waals surface area (Å²) >= 11 is 0. The fraction of sp³-hybridized carbons (Fsp3) is 0.192. The van der Waals surface area contributed by atoms with Crippen LogP contribution in [0.4, 0.5) is 17.1 Å². The summed E-state index contributed by atoms with van der Waals surface area (Å²) in [6, 6.07) is 23.6. The molecule has 0 radical (unpaired) electrons. The van der Waals surface area contributed by atoms with Gasteiger partial charge in [-0.1, -0.05) is 36.4 Å². The van der Waals surface area contributed by atoms with Crippen LogP contribution in [0.2, 0.25) is 0 Å². The van der Waals surface area contributed by atoms with Crippen molar-refractivity contribution in [1.29, 1.82) is 0 Å². The molecular formula is C26H28N4O3. The Morgan fingerprint density at radius 1 is 0.758 bits per heavy atom. The quantitative estimate of drug-likeness (QED) is 0.465. The van der Waals surface area contributed by atoms with Gasteiger partial charge in [-0.15, -0.1) is 0 Å². The first-order chi connectivity index (χ1) is 15.9. The molecule has 0 saturated heterocycles. The molecule has 0 atom stereocenters. The van der Waals surface area contributed by atoms with Crippen molar-refractivity contribution in [3.63, 3.8) is 0 Å². The lowest BCUT2D eigenvalue weighted by Crippen LogP contribution is -2.22. The maximum absolute atomic E-state index is 12.3. The number of nitrogens with zero attached hydrogens (tertiary/aromatic N) is 1. The fourth-order valence-electron chi connectivity index (χ4n) is 3.12. The highest BCUT2D eigenvalue weighted by molar-refractivity contribution is 6.04. The van der Waals surface area contributed by atoms with Crippen LogP contribution in [-0.2, 0) is 16.0 Å². The molecule has 0 aliphatic carbocycles. The van der Waals surface area contributed by atoms with Crippen LogP contribution < -0.4 is 16.0 Å². The zero-order valence-corrected chi connectivity index (χ0v) is 18.8. The van der Waals surface area contributed by atoms with Crippen LogP contribution in [0.15, 0.2) is 78.9 Å². The summed E-state index contributed by atoms with van der Waals surface area (Å²) in [6.07, 6.45) is 1.14. The second kappa shape index (κ2) is 11.5. The predicted octanol–water partition coefficient (Wildman–Crippen LogP) is 4.01. The molecule has 33 heavy (non-hydrogen) atoms. The average molecular weight is 445 g/mol. The molecule has 170 valence electrons. The molecule has 7 nitrogen and oxygen atoms in total. The number of hydrogen-bond acceptors (Lipinski definition) is 4. The second-order valence-corrected chi connectivity index (χ2v) is 7.79. The number of aryl methyl sites for hydroxylation is 1. The number of anilines is 3. The summed E-state index contributed by atoms with van der Waals surface area (Å²) in [5.41, 5.74) is 3.63. The normalized spacial score (nSPS) is 10.2. The molecule has 3 aromatic carbocycles. The van der Waals surface area contributed by atoms with Gasteiger partial charge in [-0.05, 0) is 54.4 Å². The van der Waals surface area contributed by atoms with Gasteiger partial charge in [0.15, 0.2) is 0 Å². The molecule has 3 N–H and O–H groups in total. The van der Waals surface area contributed by atoms with E-state index in [1.54, 1.807) is 67.5 Å². The minimum Gasteiger partial charge on any atom is -0.376 e. The van der Waals surface area contributed by atoms with E-state index in [-0.39, 0.29) is 24.3 Å². The largest absolute Gasteiger partial charge is 0.376 e. The standard InChI is InChI=1S/C26H28N4O3/c1-30(2)25(32)16-13-19-11-14-21(15-12-19)27-18-24(31)28-22-9-6-10-23(17-22)29-26(33)20-7-4-3-5-8-20/h3-12,14-15,17,27H,13,16,18H2,1-2H3,(H,28,31)(H,29,33). The van der Waals surface area contributed by atoms with Crippen LogP contribution >= 0.6 is 0 Å². The van der Waals surface area contributed by atoms with E-state index in [1.165, 1.54) is 0 Å². The summed E-state index contributed by atoms with van der Waals surface area (Å²) < 4.78 is 0. The van der Waals surface area contributed by atoms with E-state index in [0.717, 1.165) is 11.3 Å². The number of carbonyl (C=O) groups is 3. The third kappa shape index (κ3) is 7.50. The van der Waals surface area contributed by atoms with E-state index >= 15 is 0 Å². The van der Waals surface area contributed by atoms with Crippen LogP contribution in [0.3, 0.4) is 0 Å². The molecule has 0 saturated carbocycles. The summed E-state index contributed by atoms with van der Waals surface area (Å²) in [6.45, 7) is 0.0963. The summed E-state index contributed by atoms with van der Waals surface area (Å²) in [7, 11) is 3.49. The number of hydrogen-bond donors (Lipinski definition) is 3. The van der Waals surface area contributed by atoms with Gasteiger partial charge >= 0.3 is 0 Å². The molecule has 3 aromatic rings. The summed E-state index contributed by atoms with van der Waals surface area (Å²) in [5, 5.41) is 8.74. The van der Waals surface area contributed by atoms with Crippen LogP contribution in [0.1, 0.15) is 22.3 Å². The van der Waals surface area contributed by atoms with E-state index in [1.807, 2.05) is 30.3 Å². The van der Waals surface area contributed by atoms with Crippen molar-refractivity contribution in [1.82, 2.24) is 4.90 Å². The van der Waals surface area contributed by atoms with Crippen LogP contribution in [0.5, 0.6) is 0 Å². The van der Waals surface area contributed by atoms with Gasteiger partial charge in [0.1, 0.15) is 0 Å². The smallest absolute Gasteiger partial charge is 0.255 e. The Hall–Kier alpha value is -4.13. The van der Waals surface area contributed by atoms with Gasteiger partial charge in [0.2, 0.25) is 11.8 Å². The van der Waals surface area contributed by atoms with E-state index < -0.39 is 0 Å². The van der Waals surface area contributed by atoms with E-state index in [0.29, 0.717) is 29.8 Å². The van der Waals surface area contributed by atoms with Crippen molar-refractivity contribution in [2.75, 3.05) is 36.6 Å². The van der Waals surface area contributed by atoms with Crippen LogP contribution in [0, 0.1) is 0 Å². The Morgan fingerprint density at radius 3 is 2.09 bits per heavy atom. The highest BCUT2D eigenvalue weighted by Gasteiger charge is 2.08. The van der Waals surface area contributed by atoms with Crippen molar-refractivity contribution in [2.24, 2.45) is 0 Å². The third-order valence-electron chi connectivity index (χ3n) is 4.97. The summed E-state index contributed by atoms with van der Waals surface area (Å²) in [5.74, 6) is -0.324. The molecule has 7 heteroatoms. The number of nitrogens with one attached hydrogen (secondary N) is 3. The van der Waals surface area contributed by atoms with Gasteiger partial charge in [0.25, 0.3) is 5.91 Å². The monoisotopic (exact) mass is 444 g/mol. The third-order valence-corrected chi connectivity index (χ3v) is 4.97. The molecule has 0 aliphatic heterocycles. The lowest BCUT2D eigenvalue weighted by atomic mass is 10.1. The number of carbonyl (C=O) groups excluding carboxylic acids is 3. The first kappa shape index (κ1) is 23.5. The highest BCUT2D eigenvalue weighted by Crippen LogP contribution is 2.17. The zero-order valence-electron chi connectivity index (χ0n) is 18.8.